The van der Waals surface area contributed by atoms with Gasteiger partial charge in [-0.3, -0.25) is 0 Å². The predicted molar refractivity (Wildman–Crippen MR) is 99.9 cm³/mol. The molecule has 0 bridgehead atoms. The van der Waals surface area contributed by atoms with Crippen molar-refractivity contribution in [2.75, 3.05) is 26.2 Å². The molecule has 2 atom stereocenters. The number of aryl methyl sites for hydroxylation is 1. The highest BCUT2D eigenvalue weighted by molar-refractivity contribution is 7.09. The molecular weight excluding hydrogens is 332 g/mol. The second-order valence-electron chi connectivity index (χ2n) is 7.25. The van der Waals surface area contributed by atoms with Crippen molar-refractivity contribution in [2.24, 2.45) is 0 Å². The molecule has 2 aromatic rings. The first-order valence-corrected chi connectivity index (χ1v) is 10.0. The molecule has 3 heterocycles. The third-order valence-corrected chi connectivity index (χ3v) is 6.09. The van der Waals surface area contributed by atoms with Crippen LogP contribution in [0.4, 0.5) is 0 Å². The maximum atomic E-state index is 6.21. The molecule has 134 valence electrons. The number of ether oxygens (including phenoxy) is 2. The van der Waals surface area contributed by atoms with Crippen molar-refractivity contribution < 1.29 is 9.47 Å². The number of aromatic nitrogens is 1. The van der Waals surface area contributed by atoms with Crippen LogP contribution in [-0.2, 0) is 22.5 Å². The first-order valence-electron chi connectivity index (χ1n) is 9.14. The fourth-order valence-corrected chi connectivity index (χ4v) is 4.52. The molecule has 0 unspecified atom stereocenters. The number of likely N-dealkylation sites (tertiary alicyclic amines) is 1. The summed E-state index contributed by atoms with van der Waals surface area (Å²) < 4.78 is 12.3. The van der Waals surface area contributed by atoms with E-state index in [2.05, 4.69) is 45.6 Å². The number of nitrogens with zero attached hydrogens (tertiary/aromatic N) is 2. The smallest absolute Gasteiger partial charge is 0.0901 e. The molecule has 2 fully saturated rings. The maximum absolute atomic E-state index is 6.21. The fourth-order valence-electron chi connectivity index (χ4n) is 3.92. The first-order chi connectivity index (χ1) is 12.2. The topological polar surface area (TPSA) is 34.6 Å². The van der Waals surface area contributed by atoms with Gasteiger partial charge in [-0.1, -0.05) is 30.3 Å². The summed E-state index contributed by atoms with van der Waals surface area (Å²) in [7, 11) is 0. The summed E-state index contributed by atoms with van der Waals surface area (Å²) in [6, 6.07) is 10.7. The molecular formula is C20H26N2O2S. The van der Waals surface area contributed by atoms with Crippen molar-refractivity contribution in [1.29, 1.82) is 0 Å². The van der Waals surface area contributed by atoms with Crippen molar-refractivity contribution in [3.05, 3.63) is 52.0 Å². The van der Waals surface area contributed by atoms with Gasteiger partial charge >= 0.3 is 0 Å². The van der Waals surface area contributed by atoms with E-state index < -0.39 is 0 Å². The number of thiazole rings is 1. The van der Waals surface area contributed by atoms with Crippen molar-refractivity contribution in [2.45, 2.75) is 44.5 Å². The highest BCUT2D eigenvalue weighted by Gasteiger charge is 2.45. The van der Waals surface area contributed by atoms with E-state index >= 15 is 0 Å². The molecule has 2 saturated heterocycles. The average Bonchev–Trinajstić information content (AvgIpc) is 3.34. The van der Waals surface area contributed by atoms with Crippen molar-refractivity contribution in [3.63, 3.8) is 0 Å². The van der Waals surface area contributed by atoms with E-state index in [4.69, 9.17) is 9.47 Å². The molecule has 25 heavy (non-hydrogen) atoms. The van der Waals surface area contributed by atoms with E-state index in [0.29, 0.717) is 6.61 Å². The minimum absolute atomic E-state index is 0.0132. The van der Waals surface area contributed by atoms with E-state index in [1.807, 2.05) is 6.92 Å². The first kappa shape index (κ1) is 17.2. The molecule has 0 saturated carbocycles. The summed E-state index contributed by atoms with van der Waals surface area (Å²) >= 11 is 1.68. The van der Waals surface area contributed by atoms with Gasteiger partial charge in [0.15, 0.2) is 0 Å². The monoisotopic (exact) mass is 358 g/mol. The summed E-state index contributed by atoms with van der Waals surface area (Å²) in [5.74, 6) is 0. The van der Waals surface area contributed by atoms with Crippen LogP contribution < -0.4 is 0 Å². The van der Waals surface area contributed by atoms with E-state index in [0.717, 1.165) is 56.2 Å². The third kappa shape index (κ3) is 4.29. The van der Waals surface area contributed by atoms with Gasteiger partial charge in [-0.05, 0) is 25.3 Å². The standard InChI is InChI=1S/C20H26N2O2S/c1-16-21-18(14-25-16)12-23-19-11-20(24-13-19)8-10-22(15-20)9-7-17-5-3-2-4-6-17/h2-6,14,19H,7-13,15H2,1H3/t19-,20+/m1/s1. The molecule has 5 heteroatoms. The normalized spacial score (nSPS) is 26.7. The van der Waals surface area contributed by atoms with Gasteiger partial charge in [0, 0.05) is 31.4 Å². The van der Waals surface area contributed by atoms with Gasteiger partial charge in [0.1, 0.15) is 0 Å². The van der Waals surface area contributed by atoms with Gasteiger partial charge in [-0.25, -0.2) is 4.98 Å². The lowest BCUT2D eigenvalue weighted by molar-refractivity contribution is -0.000345. The summed E-state index contributed by atoms with van der Waals surface area (Å²) in [5, 5.41) is 3.18. The molecule has 2 aliphatic heterocycles. The molecule has 0 amide bonds. The number of hydrogen-bond donors (Lipinski definition) is 0. The van der Waals surface area contributed by atoms with Gasteiger partial charge in [0.25, 0.3) is 0 Å². The lowest BCUT2D eigenvalue weighted by Gasteiger charge is -2.23. The maximum Gasteiger partial charge on any atom is 0.0901 e. The SMILES string of the molecule is Cc1nc(CO[C@H]2CO[C@@]3(CCN(CCc4ccccc4)C3)C2)cs1. The zero-order valence-electron chi connectivity index (χ0n) is 14.8. The number of hydrogen-bond acceptors (Lipinski definition) is 5. The van der Waals surface area contributed by atoms with Crippen LogP contribution in [0.15, 0.2) is 35.7 Å². The Kier molecular flexibility index (Phi) is 5.17. The van der Waals surface area contributed by atoms with Crippen LogP contribution in [-0.4, -0.2) is 47.8 Å². The van der Waals surface area contributed by atoms with Crippen LogP contribution in [0.5, 0.6) is 0 Å². The molecule has 2 aliphatic rings. The molecule has 0 radical (unpaired) electrons. The quantitative estimate of drug-likeness (QED) is 0.792. The van der Waals surface area contributed by atoms with Crippen LogP contribution in [0.25, 0.3) is 0 Å². The highest BCUT2D eigenvalue weighted by atomic mass is 32.1. The fraction of sp³-hybridized carbons (Fsp3) is 0.550. The number of rotatable bonds is 6. The van der Waals surface area contributed by atoms with Crippen molar-refractivity contribution in [3.8, 4) is 0 Å². The van der Waals surface area contributed by atoms with Crippen LogP contribution in [0.3, 0.4) is 0 Å². The summed E-state index contributed by atoms with van der Waals surface area (Å²) in [4.78, 5) is 7.01. The van der Waals surface area contributed by atoms with E-state index in [9.17, 15) is 0 Å². The van der Waals surface area contributed by atoms with Crippen molar-refractivity contribution >= 4 is 11.3 Å². The Morgan fingerprint density at radius 3 is 3.04 bits per heavy atom. The van der Waals surface area contributed by atoms with Gasteiger partial charge in [-0.2, -0.15) is 0 Å². The van der Waals surface area contributed by atoms with E-state index in [1.165, 1.54) is 5.56 Å². The molecule has 4 nitrogen and oxygen atoms in total. The minimum atomic E-state index is 0.0132. The Labute approximate surface area is 153 Å². The lowest BCUT2D eigenvalue weighted by atomic mass is 9.98. The average molecular weight is 359 g/mol. The third-order valence-electron chi connectivity index (χ3n) is 5.26. The summed E-state index contributed by atoms with van der Waals surface area (Å²) in [6.07, 6.45) is 3.45. The van der Waals surface area contributed by atoms with Gasteiger partial charge in [0.2, 0.25) is 0 Å². The zero-order valence-corrected chi connectivity index (χ0v) is 15.6. The molecule has 0 aliphatic carbocycles. The lowest BCUT2D eigenvalue weighted by Crippen LogP contribution is -2.33. The Balaban J connectivity index is 1.23. The second-order valence-corrected chi connectivity index (χ2v) is 8.31. The molecule has 0 N–H and O–H groups in total. The van der Waals surface area contributed by atoms with Gasteiger partial charge < -0.3 is 14.4 Å². The minimum Gasteiger partial charge on any atom is -0.371 e. The van der Waals surface area contributed by atoms with Crippen LogP contribution in [0.1, 0.15) is 29.1 Å². The molecule has 1 spiro atoms. The van der Waals surface area contributed by atoms with E-state index in [-0.39, 0.29) is 11.7 Å². The Morgan fingerprint density at radius 2 is 2.24 bits per heavy atom. The summed E-state index contributed by atoms with van der Waals surface area (Å²) in [5.41, 5.74) is 2.47. The largest absolute Gasteiger partial charge is 0.371 e. The Bertz CT molecular complexity index is 690. The molecule has 4 rings (SSSR count). The Morgan fingerprint density at radius 1 is 1.36 bits per heavy atom. The van der Waals surface area contributed by atoms with Crippen LogP contribution in [0, 0.1) is 6.92 Å². The van der Waals surface area contributed by atoms with Gasteiger partial charge in [-0.15, -0.1) is 11.3 Å². The molecule has 1 aromatic heterocycles. The second kappa shape index (κ2) is 7.54. The zero-order chi connectivity index (χ0) is 17.1. The highest BCUT2D eigenvalue weighted by Crippen LogP contribution is 2.36. The number of benzene rings is 1. The van der Waals surface area contributed by atoms with E-state index in [1.54, 1.807) is 11.3 Å². The summed E-state index contributed by atoms with van der Waals surface area (Å²) in [6.45, 7) is 6.63. The van der Waals surface area contributed by atoms with Gasteiger partial charge in [0.05, 0.1) is 35.6 Å². The predicted octanol–water partition coefficient (Wildman–Crippen LogP) is 3.44. The van der Waals surface area contributed by atoms with Crippen LogP contribution >= 0.6 is 11.3 Å². The molecule has 1 aromatic carbocycles. The Hall–Kier alpha value is -1.27. The van der Waals surface area contributed by atoms with Crippen molar-refractivity contribution in [1.82, 2.24) is 9.88 Å². The van der Waals surface area contributed by atoms with Crippen LogP contribution in [0.2, 0.25) is 0 Å².